The van der Waals surface area contributed by atoms with E-state index in [1.54, 1.807) is 14.0 Å². The first-order valence-corrected chi connectivity index (χ1v) is 9.37. The number of nitrogens with zero attached hydrogens (tertiary/aromatic N) is 3. The van der Waals surface area contributed by atoms with Crippen molar-refractivity contribution >= 4 is 11.6 Å². The Morgan fingerprint density at radius 1 is 1.00 bits per heavy atom. The third-order valence-electron chi connectivity index (χ3n) is 5.02. The fourth-order valence-corrected chi connectivity index (χ4v) is 3.41. The number of carbonyl (C=O) groups excluding carboxylic acids is 1. The molecule has 0 bridgehead atoms. The smallest absolute Gasteiger partial charge is 0.276 e. The summed E-state index contributed by atoms with van der Waals surface area (Å²) in [4.78, 5) is 21.5. The average molecular weight is 377 g/mol. The second-order valence-corrected chi connectivity index (χ2v) is 6.77. The van der Waals surface area contributed by atoms with Gasteiger partial charge in [0, 0.05) is 37.4 Å². The summed E-state index contributed by atoms with van der Waals surface area (Å²) in [6, 6.07) is 17.6. The second-order valence-electron chi connectivity index (χ2n) is 6.77. The van der Waals surface area contributed by atoms with E-state index in [-0.39, 0.29) is 5.91 Å². The van der Waals surface area contributed by atoms with Crippen LogP contribution in [-0.4, -0.2) is 49.1 Å². The van der Waals surface area contributed by atoms with Gasteiger partial charge in [-0.1, -0.05) is 18.2 Å². The number of methoxy groups -OCH3 is 1. The van der Waals surface area contributed by atoms with Crippen molar-refractivity contribution < 1.29 is 13.9 Å². The molecule has 2 aromatic carbocycles. The van der Waals surface area contributed by atoms with Crippen LogP contribution >= 0.6 is 0 Å². The van der Waals surface area contributed by atoms with Crippen molar-refractivity contribution in [1.29, 1.82) is 0 Å². The lowest BCUT2D eigenvalue weighted by atomic mass is 10.2. The Bertz CT molecular complexity index is 943. The van der Waals surface area contributed by atoms with Crippen molar-refractivity contribution in [1.82, 2.24) is 9.88 Å². The molecule has 1 amide bonds. The maximum atomic E-state index is 13.0. The minimum absolute atomic E-state index is 0.0715. The zero-order valence-electron chi connectivity index (χ0n) is 16.1. The van der Waals surface area contributed by atoms with E-state index >= 15 is 0 Å². The van der Waals surface area contributed by atoms with Crippen molar-refractivity contribution in [2.24, 2.45) is 0 Å². The van der Waals surface area contributed by atoms with E-state index < -0.39 is 0 Å². The SMILES string of the molecule is COc1ccc(N2CCN(C(=O)c3nc(-c4ccccc4)oc3C)CC2)cc1. The predicted molar refractivity (Wildman–Crippen MR) is 108 cm³/mol. The fourth-order valence-electron chi connectivity index (χ4n) is 3.41. The molecule has 1 aliphatic heterocycles. The van der Waals surface area contributed by atoms with Crippen LogP contribution in [0.1, 0.15) is 16.2 Å². The second kappa shape index (κ2) is 7.76. The Labute approximate surface area is 164 Å². The first-order valence-electron chi connectivity index (χ1n) is 9.37. The zero-order chi connectivity index (χ0) is 19.5. The summed E-state index contributed by atoms with van der Waals surface area (Å²) >= 11 is 0. The zero-order valence-corrected chi connectivity index (χ0v) is 16.1. The molecular weight excluding hydrogens is 354 g/mol. The van der Waals surface area contributed by atoms with Gasteiger partial charge in [0.15, 0.2) is 5.69 Å². The van der Waals surface area contributed by atoms with Gasteiger partial charge in [0.05, 0.1) is 7.11 Å². The van der Waals surface area contributed by atoms with Crippen molar-refractivity contribution in [2.75, 3.05) is 38.2 Å². The average Bonchev–Trinajstić information content (AvgIpc) is 3.16. The van der Waals surface area contributed by atoms with Crippen LogP contribution in [0.5, 0.6) is 5.75 Å². The molecule has 0 N–H and O–H groups in total. The number of hydrogen-bond donors (Lipinski definition) is 0. The molecule has 2 heterocycles. The monoisotopic (exact) mass is 377 g/mol. The van der Waals surface area contributed by atoms with E-state index in [1.807, 2.05) is 59.5 Å². The Morgan fingerprint density at radius 3 is 2.32 bits per heavy atom. The van der Waals surface area contributed by atoms with Crippen LogP contribution in [0.15, 0.2) is 59.0 Å². The van der Waals surface area contributed by atoms with Crippen molar-refractivity contribution in [3.05, 3.63) is 66.1 Å². The lowest BCUT2D eigenvalue weighted by Crippen LogP contribution is -2.49. The third-order valence-corrected chi connectivity index (χ3v) is 5.02. The predicted octanol–water partition coefficient (Wildman–Crippen LogP) is 3.62. The molecule has 1 saturated heterocycles. The van der Waals surface area contributed by atoms with Gasteiger partial charge in [0.2, 0.25) is 5.89 Å². The Hall–Kier alpha value is -3.28. The third kappa shape index (κ3) is 3.58. The first kappa shape index (κ1) is 18.1. The number of oxazole rings is 1. The van der Waals surface area contributed by atoms with Crippen LogP contribution in [0.3, 0.4) is 0 Å². The highest BCUT2D eigenvalue weighted by Gasteiger charge is 2.26. The molecule has 0 atom stereocenters. The highest BCUT2D eigenvalue weighted by Crippen LogP contribution is 2.24. The number of ether oxygens (including phenoxy) is 1. The molecule has 1 fully saturated rings. The van der Waals surface area contributed by atoms with E-state index in [1.165, 1.54) is 0 Å². The molecular formula is C22H23N3O3. The summed E-state index contributed by atoms with van der Waals surface area (Å²) in [6.45, 7) is 4.65. The van der Waals surface area contributed by atoms with E-state index in [4.69, 9.17) is 9.15 Å². The molecule has 0 aliphatic carbocycles. The minimum Gasteiger partial charge on any atom is -0.497 e. The molecule has 0 saturated carbocycles. The molecule has 6 nitrogen and oxygen atoms in total. The molecule has 0 spiro atoms. The van der Waals surface area contributed by atoms with Gasteiger partial charge in [-0.25, -0.2) is 4.98 Å². The maximum Gasteiger partial charge on any atom is 0.276 e. The van der Waals surface area contributed by atoms with Gasteiger partial charge in [-0.2, -0.15) is 0 Å². The lowest BCUT2D eigenvalue weighted by molar-refractivity contribution is 0.0740. The molecule has 144 valence electrons. The summed E-state index contributed by atoms with van der Waals surface area (Å²) in [5.41, 5.74) is 2.41. The molecule has 0 radical (unpaired) electrons. The highest BCUT2D eigenvalue weighted by molar-refractivity contribution is 5.94. The fraction of sp³-hybridized carbons (Fsp3) is 0.273. The van der Waals surface area contributed by atoms with E-state index in [2.05, 4.69) is 9.88 Å². The van der Waals surface area contributed by atoms with Crippen LogP contribution in [0, 0.1) is 6.92 Å². The summed E-state index contributed by atoms with van der Waals surface area (Å²) in [6.07, 6.45) is 0. The number of amides is 1. The van der Waals surface area contributed by atoms with Gasteiger partial charge in [-0.05, 0) is 43.3 Å². The molecule has 1 aliphatic rings. The van der Waals surface area contributed by atoms with Crippen LogP contribution in [-0.2, 0) is 0 Å². The van der Waals surface area contributed by atoms with E-state index in [0.717, 1.165) is 30.1 Å². The van der Waals surface area contributed by atoms with Crippen LogP contribution in [0.25, 0.3) is 11.5 Å². The quantitative estimate of drug-likeness (QED) is 0.695. The number of carbonyl (C=O) groups is 1. The summed E-state index contributed by atoms with van der Waals surface area (Å²) in [7, 11) is 1.66. The largest absolute Gasteiger partial charge is 0.497 e. The van der Waals surface area contributed by atoms with Gasteiger partial charge in [-0.15, -0.1) is 0 Å². The highest BCUT2D eigenvalue weighted by atomic mass is 16.5. The van der Waals surface area contributed by atoms with E-state index in [9.17, 15) is 4.79 Å². The molecule has 28 heavy (non-hydrogen) atoms. The number of rotatable bonds is 4. The van der Waals surface area contributed by atoms with Crippen LogP contribution in [0.2, 0.25) is 0 Å². The lowest BCUT2D eigenvalue weighted by Gasteiger charge is -2.35. The molecule has 6 heteroatoms. The maximum absolute atomic E-state index is 13.0. The molecule has 4 rings (SSSR count). The number of aryl methyl sites for hydroxylation is 1. The topological polar surface area (TPSA) is 58.8 Å². The molecule has 3 aromatic rings. The van der Waals surface area contributed by atoms with Gasteiger partial charge in [0.25, 0.3) is 5.91 Å². The van der Waals surface area contributed by atoms with E-state index in [0.29, 0.717) is 30.4 Å². The summed E-state index contributed by atoms with van der Waals surface area (Å²) in [5, 5.41) is 0. The number of piperazine rings is 1. The Balaban J connectivity index is 1.43. The Morgan fingerprint density at radius 2 is 1.68 bits per heavy atom. The van der Waals surface area contributed by atoms with Crippen LogP contribution < -0.4 is 9.64 Å². The summed E-state index contributed by atoms with van der Waals surface area (Å²) in [5.74, 6) is 1.81. The van der Waals surface area contributed by atoms with Crippen LogP contribution in [0.4, 0.5) is 5.69 Å². The Kier molecular flexibility index (Phi) is 5.02. The standard InChI is InChI=1S/C22H23N3O3/c1-16-20(23-21(28-16)17-6-4-3-5-7-17)22(26)25-14-12-24(13-15-25)18-8-10-19(27-2)11-9-18/h3-11H,12-15H2,1-2H3. The molecule has 1 aromatic heterocycles. The van der Waals surface area contributed by atoms with Crippen molar-refractivity contribution in [2.45, 2.75) is 6.92 Å². The summed E-state index contributed by atoms with van der Waals surface area (Å²) < 4.78 is 11.0. The van der Waals surface area contributed by atoms with Gasteiger partial charge < -0.3 is 19.0 Å². The van der Waals surface area contributed by atoms with Crippen molar-refractivity contribution in [3.8, 4) is 17.2 Å². The molecule has 0 unspecified atom stereocenters. The number of anilines is 1. The minimum atomic E-state index is -0.0715. The number of aromatic nitrogens is 1. The van der Waals surface area contributed by atoms with Crippen molar-refractivity contribution in [3.63, 3.8) is 0 Å². The van der Waals surface area contributed by atoms with Gasteiger partial charge in [0.1, 0.15) is 11.5 Å². The normalized spacial score (nSPS) is 14.2. The number of hydrogen-bond acceptors (Lipinski definition) is 5. The first-order chi connectivity index (χ1) is 13.7. The van der Waals surface area contributed by atoms with Gasteiger partial charge >= 0.3 is 0 Å². The number of benzene rings is 2. The van der Waals surface area contributed by atoms with Gasteiger partial charge in [-0.3, -0.25) is 4.79 Å².